The third-order valence-corrected chi connectivity index (χ3v) is 5.25. The van der Waals surface area contributed by atoms with Crippen molar-refractivity contribution in [2.24, 2.45) is 0 Å². The molecule has 2 heterocycles. The van der Waals surface area contributed by atoms with Gasteiger partial charge in [0.1, 0.15) is 16.3 Å². The number of aromatic nitrogens is 1. The van der Waals surface area contributed by atoms with Gasteiger partial charge in [-0.3, -0.25) is 4.79 Å². The van der Waals surface area contributed by atoms with Gasteiger partial charge in [-0.2, -0.15) is 5.26 Å². The van der Waals surface area contributed by atoms with Crippen LogP contribution in [-0.2, 0) is 11.3 Å². The molecule has 0 spiro atoms. The smallest absolute Gasteiger partial charge is 0.219 e. The van der Waals surface area contributed by atoms with Crippen molar-refractivity contribution in [1.82, 2.24) is 9.88 Å². The largest absolute Gasteiger partial charge is 0.368 e. The molecule has 1 aromatic carbocycles. The Morgan fingerprint density at radius 2 is 1.81 bits per heavy atom. The number of nitrogens with zero attached hydrogens (tertiary/aromatic N) is 4. The first kappa shape index (κ1) is 18.9. The molecule has 1 saturated heterocycles. The molecule has 0 bridgehead atoms. The molecule has 0 unspecified atom stereocenters. The van der Waals surface area contributed by atoms with Crippen LogP contribution >= 0.6 is 12.2 Å². The monoisotopic (exact) mass is 381 g/mol. The average molecular weight is 382 g/mol. The molecule has 0 atom stereocenters. The number of nitrogens with one attached hydrogen (secondary N) is 1. The molecule has 1 amide bonds. The number of carbonyl (C=O) groups excluding carboxylic acids is 1. The summed E-state index contributed by atoms with van der Waals surface area (Å²) in [6.07, 6.45) is 1.79. The maximum absolute atomic E-state index is 11.4. The van der Waals surface area contributed by atoms with Crippen LogP contribution in [0.3, 0.4) is 0 Å². The lowest BCUT2D eigenvalue weighted by molar-refractivity contribution is -0.128. The number of carbonyl (C=O) groups is 1. The summed E-state index contributed by atoms with van der Waals surface area (Å²) < 4.78 is 0.489. The number of hydrogen-bond acceptors (Lipinski definition) is 5. The van der Waals surface area contributed by atoms with Crippen LogP contribution in [-0.4, -0.2) is 49.0 Å². The highest BCUT2D eigenvalue weighted by Gasteiger charge is 2.20. The SMILES string of the molecule is CC(=O)N(C)Cc1ccc(N2CCN(c3cc[nH]c(=S)c3C#N)CC2)cc1. The first-order valence-corrected chi connectivity index (χ1v) is 9.32. The van der Waals surface area contributed by atoms with E-state index in [1.54, 1.807) is 25.1 Å². The van der Waals surface area contributed by atoms with Crippen molar-refractivity contribution in [1.29, 1.82) is 5.26 Å². The number of anilines is 2. The van der Waals surface area contributed by atoms with Gasteiger partial charge in [0, 0.05) is 58.6 Å². The number of hydrogen-bond donors (Lipinski definition) is 1. The van der Waals surface area contributed by atoms with E-state index in [9.17, 15) is 10.1 Å². The normalized spacial score (nSPS) is 14.0. The summed E-state index contributed by atoms with van der Waals surface area (Å²) >= 11 is 5.23. The molecule has 1 aliphatic heterocycles. The van der Waals surface area contributed by atoms with Crippen molar-refractivity contribution >= 4 is 29.5 Å². The molecular formula is C20H23N5OS. The van der Waals surface area contributed by atoms with Gasteiger partial charge in [-0.05, 0) is 23.8 Å². The minimum absolute atomic E-state index is 0.0627. The van der Waals surface area contributed by atoms with Crippen LogP contribution in [0.5, 0.6) is 0 Å². The molecule has 27 heavy (non-hydrogen) atoms. The van der Waals surface area contributed by atoms with Gasteiger partial charge in [0.2, 0.25) is 5.91 Å². The predicted molar refractivity (Wildman–Crippen MR) is 109 cm³/mol. The van der Waals surface area contributed by atoms with E-state index in [4.69, 9.17) is 12.2 Å². The zero-order valence-corrected chi connectivity index (χ0v) is 16.4. The Bertz CT molecular complexity index is 907. The third-order valence-electron chi connectivity index (χ3n) is 4.93. The van der Waals surface area contributed by atoms with Crippen molar-refractivity contribution in [3.8, 4) is 6.07 Å². The number of piperazine rings is 1. The number of nitriles is 1. The van der Waals surface area contributed by atoms with E-state index in [0.29, 0.717) is 16.7 Å². The highest BCUT2D eigenvalue weighted by molar-refractivity contribution is 7.71. The predicted octanol–water partition coefficient (Wildman–Crippen LogP) is 2.92. The Balaban J connectivity index is 1.64. The summed E-state index contributed by atoms with van der Waals surface area (Å²) in [5.41, 5.74) is 3.74. The maximum atomic E-state index is 11.4. The van der Waals surface area contributed by atoms with Crippen LogP contribution in [0, 0.1) is 16.0 Å². The van der Waals surface area contributed by atoms with Crippen LogP contribution in [0.15, 0.2) is 36.5 Å². The molecule has 0 saturated carbocycles. The minimum atomic E-state index is 0.0627. The lowest BCUT2D eigenvalue weighted by atomic mass is 10.1. The van der Waals surface area contributed by atoms with Gasteiger partial charge in [0.15, 0.2) is 0 Å². The molecule has 7 heteroatoms. The number of aromatic amines is 1. The Kier molecular flexibility index (Phi) is 5.77. The van der Waals surface area contributed by atoms with Crippen LogP contribution in [0.4, 0.5) is 11.4 Å². The fourth-order valence-corrected chi connectivity index (χ4v) is 3.46. The Labute approximate surface area is 164 Å². The number of pyridine rings is 1. The quantitative estimate of drug-likeness (QED) is 0.825. The second-order valence-electron chi connectivity index (χ2n) is 6.69. The van der Waals surface area contributed by atoms with Gasteiger partial charge < -0.3 is 19.7 Å². The van der Waals surface area contributed by atoms with Crippen LogP contribution in [0.2, 0.25) is 0 Å². The number of amides is 1. The average Bonchev–Trinajstić information content (AvgIpc) is 2.68. The Morgan fingerprint density at radius 3 is 2.41 bits per heavy atom. The fourth-order valence-electron chi connectivity index (χ4n) is 3.24. The van der Waals surface area contributed by atoms with Crippen molar-refractivity contribution in [3.63, 3.8) is 0 Å². The highest BCUT2D eigenvalue weighted by atomic mass is 32.1. The second-order valence-corrected chi connectivity index (χ2v) is 7.10. The molecule has 0 radical (unpaired) electrons. The first-order chi connectivity index (χ1) is 13.0. The van der Waals surface area contributed by atoms with Gasteiger partial charge in [0.25, 0.3) is 0 Å². The summed E-state index contributed by atoms with van der Waals surface area (Å²) in [4.78, 5) is 20.5. The summed E-state index contributed by atoms with van der Waals surface area (Å²) in [7, 11) is 1.81. The standard InChI is InChI=1S/C20H23N5OS/c1-15(26)23(2)14-16-3-5-17(6-4-16)24-9-11-25(12-10-24)19-7-8-22-20(27)18(19)13-21/h3-8H,9-12,14H2,1-2H3,(H,22,27). The van der Waals surface area contributed by atoms with E-state index in [2.05, 4.69) is 45.1 Å². The van der Waals surface area contributed by atoms with Crippen LogP contribution in [0.1, 0.15) is 18.1 Å². The lowest BCUT2D eigenvalue weighted by Crippen LogP contribution is -2.46. The van der Waals surface area contributed by atoms with E-state index in [1.807, 2.05) is 6.07 Å². The van der Waals surface area contributed by atoms with Gasteiger partial charge in [-0.25, -0.2) is 0 Å². The molecule has 1 aliphatic rings. The number of rotatable bonds is 4. The van der Waals surface area contributed by atoms with E-state index < -0.39 is 0 Å². The molecule has 6 nitrogen and oxygen atoms in total. The highest BCUT2D eigenvalue weighted by Crippen LogP contribution is 2.24. The Hall–Kier alpha value is -2.85. The maximum Gasteiger partial charge on any atom is 0.219 e. The van der Waals surface area contributed by atoms with Crippen LogP contribution in [0.25, 0.3) is 0 Å². The fraction of sp³-hybridized carbons (Fsp3) is 0.350. The molecule has 3 rings (SSSR count). The molecule has 2 aromatic rings. The number of benzene rings is 1. The molecule has 140 valence electrons. The van der Waals surface area contributed by atoms with Crippen LogP contribution < -0.4 is 9.80 Å². The van der Waals surface area contributed by atoms with E-state index >= 15 is 0 Å². The Morgan fingerprint density at radius 1 is 1.19 bits per heavy atom. The van der Waals surface area contributed by atoms with E-state index in [-0.39, 0.29) is 5.91 Å². The molecule has 1 N–H and O–H groups in total. The van der Waals surface area contributed by atoms with Gasteiger partial charge in [0.05, 0.1) is 5.69 Å². The van der Waals surface area contributed by atoms with Gasteiger partial charge >= 0.3 is 0 Å². The summed E-state index contributed by atoms with van der Waals surface area (Å²) in [6.45, 7) is 5.62. The zero-order valence-electron chi connectivity index (χ0n) is 15.6. The molecule has 1 fully saturated rings. The first-order valence-electron chi connectivity index (χ1n) is 8.92. The third kappa shape index (κ3) is 4.29. The van der Waals surface area contributed by atoms with Crippen molar-refractivity contribution in [2.45, 2.75) is 13.5 Å². The molecule has 0 aliphatic carbocycles. The zero-order chi connectivity index (χ0) is 19.4. The topological polar surface area (TPSA) is 66.4 Å². The summed E-state index contributed by atoms with van der Waals surface area (Å²) in [6, 6.07) is 12.5. The summed E-state index contributed by atoms with van der Waals surface area (Å²) in [5, 5.41) is 9.38. The molecular weight excluding hydrogens is 358 g/mol. The van der Waals surface area contributed by atoms with Gasteiger partial charge in [-0.1, -0.05) is 24.4 Å². The molecule has 1 aromatic heterocycles. The van der Waals surface area contributed by atoms with Crippen molar-refractivity contribution in [3.05, 3.63) is 52.3 Å². The van der Waals surface area contributed by atoms with E-state index in [1.165, 1.54) is 5.69 Å². The minimum Gasteiger partial charge on any atom is -0.368 e. The lowest BCUT2D eigenvalue weighted by Gasteiger charge is -2.37. The van der Waals surface area contributed by atoms with Crippen molar-refractivity contribution < 1.29 is 4.79 Å². The summed E-state index contributed by atoms with van der Waals surface area (Å²) in [5.74, 6) is 0.0627. The number of H-pyrrole nitrogens is 1. The van der Waals surface area contributed by atoms with Gasteiger partial charge in [-0.15, -0.1) is 0 Å². The van der Waals surface area contributed by atoms with Crippen molar-refractivity contribution in [2.75, 3.05) is 43.0 Å². The second kappa shape index (κ2) is 8.23. The van der Waals surface area contributed by atoms with E-state index in [0.717, 1.165) is 37.4 Å².